The molecule has 0 spiro atoms. The third kappa shape index (κ3) is 2.23. The third-order valence-electron chi connectivity index (χ3n) is 2.83. The Balaban J connectivity index is 1.95. The van der Waals surface area contributed by atoms with Crippen LogP contribution in [0.3, 0.4) is 0 Å². The molecule has 0 saturated carbocycles. The van der Waals surface area contributed by atoms with Gasteiger partial charge in [0, 0.05) is 6.20 Å². The maximum atomic E-state index is 13.6. The second-order valence-corrected chi connectivity index (χ2v) is 4.08. The standard InChI is InChI=1S/C14H11FN4O/c1-20-11-6-4-10(5-7-11)19-9-13(17-18-19)14-12(15)3-2-8-16-14/h2-9H,1H3. The van der Waals surface area contributed by atoms with Crippen molar-refractivity contribution in [2.75, 3.05) is 7.11 Å². The van der Waals surface area contributed by atoms with Crippen molar-refractivity contribution >= 4 is 0 Å². The Morgan fingerprint density at radius 3 is 2.65 bits per heavy atom. The maximum Gasteiger partial charge on any atom is 0.151 e. The minimum atomic E-state index is -0.422. The normalized spacial score (nSPS) is 10.5. The summed E-state index contributed by atoms with van der Waals surface area (Å²) < 4.78 is 20.3. The molecule has 2 heterocycles. The molecule has 0 bridgehead atoms. The Bertz CT molecular complexity index is 724. The highest BCUT2D eigenvalue weighted by Gasteiger charge is 2.10. The number of nitrogens with zero attached hydrogens (tertiary/aromatic N) is 4. The quantitative estimate of drug-likeness (QED) is 0.733. The number of hydrogen-bond donors (Lipinski definition) is 0. The fraction of sp³-hybridized carbons (Fsp3) is 0.0714. The Hall–Kier alpha value is -2.76. The molecule has 1 aromatic carbocycles. The molecule has 0 aliphatic rings. The summed E-state index contributed by atoms with van der Waals surface area (Å²) >= 11 is 0. The highest BCUT2D eigenvalue weighted by molar-refractivity contribution is 5.53. The summed E-state index contributed by atoms with van der Waals surface area (Å²) in [5.74, 6) is 0.333. The van der Waals surface area contributed by atoms with E-state index in [1.807, 2.05) is 24.3 Å². The zero-order valence-electron chi connectivity index (χ0n) is 10.7. The Labute approximate surface area is 114 Å². The van der Waals surface area contributed by atoms with Crippen molar-refractivity contribution in [3.8, 4) is 22.8 Å². The molecule has 3 rings (SSSR count). The van der Waals surface area contributed by atoms with E-state index in [1.165, 1.54) is 18.3 Å². The number of methoxy groups -OCH3 is 1. The van der Waals surface area contributed by atoms with Gasteiger partial charge in [0.2, 0.25) is 0 Å². The number of pyridine rings is 1. The molecule has 0 amide bonds. The van der Waals surface area contributed by atoms with Crippen LogP contribution in [0, 0.1) is 5.82 Å². The molecule has 0 aliphatic heterocycles. The molecule has 3 aromatic rings. The molecule has 0 fully saturated rings. The average molecular weight is 270 g/mol. The average Bonchev–Trinajstić information content (AvgIpc) is 2.97. The van der Waals surface area contributed by atoms with Crippen LogP contribution in [0.4, 0.5) is 4.39 Å². The Kier molecular flexibility index (Phi) is 3.12. The van der Waals surface area contributed by atoms with Crippen LogP contribution in [-0.2, 0) is 0 Å². The van der Waals surface area contributed by atoms with Crippen molar-refractivity contribution < 1.29 is 9.13 Å². The minimum Gasteiger partial charge on any atom is -0.497 e. The molecular formula is C14H11FN4O. The molecule has 0 N–H and O–H groups in total. The maximum absolute atomic E-state index is 13.6. The first-order valence-electron chi connectivity index (χ1n) is 5.95. The topological polar surface area (TPSA) is 52.8 Å². The summed E-state index contributed by atoms with van der Waals surface area (Å²) in [7, 11) is 1.60. The van der Waals surface area contributed by atoms with Gasteiger partial charge in [-0.25, -0.2) is 9.07 Å². The van der Waals surface area contributed by atoms with Crippen molar-refractivity contribution in [1.82, 2.24) is 20.0 Å². The molecule has 20 heavy (non-hydrogen) atoms. The predicted molar refractivity (Wildman–Crippen MR) is 71.1 cm³/mol. The molecule has 0 unspecified atom stereocenters. The summed E-state index contributed by atoms with van der Waals surface area (Å²) in [5.41, 5.74) is 1.38. The summed E-state index contributed by atoms with van der Waals surface area (Å²) in [5, 5.41) is 7.92. The lowest BCUT2D eigenvalue weighted by Crippen LogP contribution is -1.94. The molecule has 0 saturated heterocycles. The number of aromatic nitrogens is 4. The third-order valence-corrected chi connectivity index (χ3v) is 2.83. The van der Waals surface area contributed by atoms with E-state index in [9.17, 15) is 4.39 Å². The van der Waals surface area contributed by atoms with Gasteiger partial charge >= 0.3 is 0 Å². The predicted octanol–water partition coefficient (Wildman–Crippen LogP) is 2.48. The summed E-state index contributed by atoms with van der Waals surface area (Å²) in [6, 6.07) is 10.2. The fourth-order valence-corrected chi connectivity index (χ4v) is 1.81. The van der Waals surface area contributed by atoms with Gasteiger partial charge in [-0.05, 0) is 36.4 Å². The van der Waals surface area contributed by atoms with Crippen LogP contribution in [-0.4, -0.2) is 27.1 Å². The molecule has 2 aromatic heterocycles. The van der Waals surface area contributed by atoms with Gasteiger partial charge in [-0.2, -0.15) is 0 Å². The van der Waals surface area contributed by atoms with Crippen LogP contribution >= 0.6 is 0 Å². The van der Waals surface area contributed by atoms with Crippen LogP contribution in [0.2, 0.25) is 0 Å². The van der Waals surface area contributed by atoms with Gasteiger partial charge in [-0.3, -0.25) is 4.98 Å². The molecule has 0 atom stereocenters. The lowest BCUT2D eigenvalue weighted by Gasteiger charge is -2.02. The van der Waals surface area contributed by atoms with E-state index in [4.69, 9.17) is 4.74 Å². The van der Waals surface area contributed by atoms with Gasteiger partial charge in [0.1, 0.15) is 17.1 Å². The van der Waals surface area contributed by atoms with Crippen LogP contribution < -0.4 is 4.74 Å². The summed E-state index contributed by atoms with van der Waals surface area (Å²) in [6.07, 6.45) is 3.15. The van der Waals surface area contributed by atoms with Crippen molar-refractivity contribution in [1.29, 1.82) is 0 Å². The highest BCUT2D eigenvalue weighted by atomic mass is 19.1. The second kappa shape index (κ2) is 5.08. The first-order valence-corrected chi connectivity index (χ1v) is 5.95. The number of ether oxygens (including phenoxy) is 1. The summed E-state index contributed by atoms with van der Waals surface area (Å²) in [6.45, 7) is 0. The first-order chi connectivity index (χ1) is 9.78. The van der Waals surface area contributed by atoms with E-state index in [0.29, 0.717) is 5.69 Å². The lowest BCUT2D eigenvalue weighted by molar-refractivity contribution is 0.414. The molecule has 5 nitrogen and oxygen atoms in total. The van der Waals surface area contributed by atoms with E-state index in [2.05, 4.69) is 15.3 Å². The smallest absolute Gasteiger partial charge is 0.151 e. The minimum absolute atomic E-state index is 0.187. The number of benzene rings is 1. The largest absolute Gasteiger partial charge is 0.497 e. The van der Waals surface area contributed by atoms with Crippen molar-refractivity contribution in [3.05, 3.63) is 54.6 Å². The zero-order chi connectivity index (χ0) is 13.9. The molecule has 0 radical (unpaired) electrons. The van der Waals surface area contributed by atoms with Crippen LogP contribution in [0.25, 0.3) is 17.1 Å². The Morgan fingerprint density at radius 2 is 1.95 bits per heavy atom. The van der Waals surface area contributed by atoms with Gasteiger partial charge in [0.15, 0.2) is 5.82 Å². The van der Waals surface area contributed by atoms with Gasteiger partial charge < -0.3 is 4.74 Å². The monoisotopic (exact) mass is 270 g/mol. The van der Waals surface area contributed by atoms with E-state index in [1.54, 1.807) is 18.0 Å². The Morgan fingerprint density at radius 1 is 1.15 bits per heavy atom. The van der Waals surface area contributed by atoms with E-state index >= 15 is 0 Å². The van der Waals surface area contributed by atoms with Crippen molar-refractivity contribution in [2.45, 2.75) is 0 Å². The van der Waals surface area contributed by atoms with E-state index < -0.39 is 5.82 Å². The molecular weight excluding hydrogens is 259 g/mol. The molecule has 0 aliphatic carbocycles. The fourth-order valence-electron chi connectivity index (χ4n) is 1.81. The summed E-state index contributed by atoms with van der Waals surface area (Å²) in [4.78, 5) is 3.97. The second-order valence-electron chi connectivity index (χ2n) is 4.08. The number of hydrogen-bond acceptors (Lipinski definition) is 4. The lowest BCUT2D eigenvalue weighted by atomic mass is 10.2. The first kappa shape index (κ1) is 12.3. The van der Waals surface area contributed by atoms with Crippen LogP contribution in [0.1, 0.15) is 0 Å². The number of halogens is 1. The van der Waals surface area contributed by atoms with Crippen LogP contribution in [0.5, 0.6) is 5.75 Å². The van der Waals surface area contributed by atoms with Gasteiger partial charge in [0.25, 0.3) is 0 Å². The van der Waals surface area contributed by atoms with Crippen LogP contribution in [0.15, 0.2) is 48.8 Å². The zero-order valence-corrected chi connectivity index (χ0v) is 10.7. The van der Waals surface area contributed by atoms with Gasteiger partial charge in [0.05, 0.1) is 19.0 Å². The van der Waals surface area contributed by atoms with Crippen molar-refractivity contribution in [2.24, 2.45) is 0 Å². The van der Waals surface area contributed by atoms with Gasteiger partial charge in [-0.1, -0.05) is 5.21 Å². The van der Waals surface area contributed by atoms with Gasteiger partial charge in [-0.15, -0.1) is 5.10 Å². The van der Waals surface area contributed by atoms with E-state index in [0.717, 1.165) is 11.4 Å². The van der Waals surface area contributed by atoms with E-state index in [-0.39, 0.29) is 5.69 Å². The highest BCUT2D eigenvalue weighted by Crippen LogP contribution is 2.19. The SMILES string of the molecule is COc1ccc(-n2cc(-c3ncccc3F)nn2)cc1. The van der Waals surface area contributed by atoms with Crippen molar-refractivity contribution in [3.63, 3.8) is 0 Å². The molecule has 100 valence electrons. The molecule has 6 heteroatoms. The number of rotatable bonds is 3.